The van der Waals surface area contributed by atoms with Gasteiger partial charge >= 0.3 is 5.97 Å². The van der Waals surface area contributed by atoms with Crippen molar-refractivity contribution < 1.29 is 22.7 Å². The highest BCUT2D eigenvalue weighted by atomic mass is 35.5. The summed E-state index contributed by atoms with van der Waals surface area (Å²) in [5.74, 6) is -1.34. The van der Waals surface area contributed by atoms with E-state index in [4.69, 9.17) is 16.3 Å². The minimum atomic E-state index is -4.42. The van der Waals surface area contributed by atoms with Gasteiger partial charge in [0.25, 0.3) is 15.6 Å². The number of hydrogen-bond donors (Lipinski definition) is 1. The van der Waals surface area contributed by atoms with E-state index in [-0.39, 0.29) is 16.3 Å². The standard InChI is InChI=1S/C32H31ClN4O6S/c1-20-29(30(39)37(36(20)5)22-11-7-6-8-12-22)34-44(41,42)27-17-21(15-16-25(27)33)31(40)43-19-23(38)18-28-32(2,3)24-13-9-10-14-26(24)35(28)4/h6-18,34H,19H2,1-5H3. The van der Waals surface area contributed by atoms with E-state index in [9.17, 15) is 22.8 Å². The Hall–Kier alpha value is -4.61. The van der Waals surface area contributed by atoms with Gasteiger partial charge in [-0.05, 0) is 48.9 Å². The van der Waals surface area contributed by atoms with Crippen LogP contribution in [-0.2, 0) is 32.0 Å². The zero-order valence-electron chi connectivity index (χ0n) is 24.8. The number of hydrogen-bond acceptors (Lipinski definition) is 7. The topological polar surface area (TPSA) is 120 Å². The van der Waals surface area contributed by atoms with Crippen LogP contribution in [0.2, 0.25) is 5.02 Å². The Morgan fingerprint density at radius 3 is 2.34 bits per heavy atom. The first-order valence-electron chi connectivity index (χ1n) is 13.7. The molecule has 0 amide bonds. The SMILES string of the molecule is Cc1c(NS(=O)(=O)c2cc(C(=O)OCC(=O)C=C3N(C)c4ccccc4C3(C)C)ccc2Cl)c(=O)n(-c2ccccc2)n1C. The third-order valence-electron chi connectivity index (χ3n) is 7.83. The highest BCUT2D eigenvalue weighted by Gasteiger charge is 2.38. The number of aromatic nitrogens is 2. The Balaban J connectivity index is 1.34. The van der Waals surface area contributed by atoms with Gasteiger partial charge in [-0.15, -0.1) is 0 Å². The summed E-state index contributed by atoms with van der Waals surface area (Å²) in [4.78, 5) is 40.5. The summed E-state index contributed by atoms with van der Waals surface area (Å²) in [5, 5.41) is -0.169. The summed E-state index contributed by atoms with van der Waals surface area (Å²) in [6, 6.07) is 20.2. The Bertz CT molecular complexity index is 1990. The van der Waals surface area contributed by atoms with Gasteiger partial charge < -0.3 is 9.64 Å². The molecule has 0 fully saturated rings. The van der Waals surface area contributed by atoms with Gasteiger partial charge in [0.2, 0.25) is 0 Å². The first-order valence-corrected chi connectivity index (χ1v) is 15.5. The lowest BCUT2D eigenvalue weighted by molar-refractivity contribution is -0.117. The molecule has 0 atom stereocenters. The van der Waals surface area contributed by atoms with Crippen molar-refractivity contribution in [1.82, 2.24) is 9.36 Å². The van der Waals surface area contributed by atoms with Crippen molar-refractivity contribution in [3.63, 3.8) is 0 Å². The summed E-state index contributed by atoms with van der Waals surface area (Å²) in [5.41, 5.74) is 2.42. The number of carbonyl (C=O) groups excluding carboxylic acids is 2. The molecule has 2 heterocycles. The van der Waals surface area contributed by atoms with Crippen LogP contribution in [0.25, 0.3) is 5.69 Å². The number of nitrogens with zero attached hydrogens (tertiary/aromatic N) is 3. The zero-order valence-corrected chi connectivity index (χ0v) is 26.4. The number of sulfonamides is 1. The number of para-hydroxylation sites is 2. The molecule has 3 aromatic carbocycles. The van der Waals surface area contributed by atoms with Crippen molar-refractivity contribution >= 4 is 44.8 Å². The number of ether oxygens (including phenoxy) is 1. The number of ketones is 1. The molecule has 1 N–H and O–H groups in total. The predicted octanol–water partition coefficient (Wildman–Crippen LogP) is 4.98. The fraction of sp³-hybridized carbons (Fsp3) is 0.219. The van der Waals surface area contributed by atoms with Crippen LogP contribution in [-0.4, -0.2) is 43.2 Å². The number of nitrogens with one attached hydrogen (secondary N) is 1. The van der Waals surface area contributed by atoms with Crippen LogP contribution in [0.15, 0.2) is 94.3 Å². The van der Waals surface area contributed by atoms with Crippen LogP contribution < -0.4 is 15.2 Å². The van der Waals surface area contributed by atoms with Crippen molar-refractivity contribution in [1.29, 1.82) is 0 Å². The highest BCUT2D eigenvalue weighted by Crippen LogP contribution is 2.46. The van der Waals surface area contributed by atoms with Gasteiger partial charge in [-0.1, -0.05) is 61.8 Å². The number of allylic oxidation sites excluding steroid dienone is 1. The van der Waals surface area contributed by atoms with Gasteiger partial charge in [0, 0.05) is 37.0 Å². The van der Waals surface area contributed by atoms with Crippen LogP contribution in [0.3, 0.4) is 0 Å². The monoisotopic (exact) mass is 634 g/mol. The molecule has 1 aliphatic rings. The molecule has 228 valence electrons. The highest BCUT2D eigenvalue weighted by molar-refractivity contribution is 7.92. The van der Waals surface area contributed by atoms with Crippen molar-refractivity contribution in [2.45, 2.75) is 31.1 Å². The smallest absolute Gasteiger partial charge is 0.338 e. The Kier molecular flexibility index (Phi) is 8.04. The molecule has 0 aliphatic carbocycles. The van der Waals surface area contributed by atoms with Crippen molar-refractivity contribution in [3.05, 3.63) is 117 Å². The molecule has 0 spiro atoms. The largest absolute Gasteiger partial charge is 0.454 e. The fourth-order valence-electron chi connectivity index (χ4n) is 5.38. The molecule has 4 aromatic rings. The summed E-state index contributed by atoms with van der Waals surface area (Å²) in [6.45, 7) is 5.08. The van der Waals surface area contributed by atoms with Crippen LogP contribution in [0.4, 0.5) is 11.4 Å². The molecule has 0 bridgehead atoms. The first-order chi connectivity index (χ1) is 20.7. The second-order valence-corrected chi connectivity index (χ2v) is 13.0. The molecule has 0 radical (unpaired) electrons. The molecule has 5 rings (SSSR count). The number of carbonyl (C=O) groups is 2. The summed E-state index contributed by atoms with van der Waals surface area (Å²) >= 11 is 6.24. The van der Waals surface area contributed by atoms with Crippen LogP contribution in [0.1, 0.15) is 35.5 Å². The molecule has 10 nitrogen and oxygen atoms in total. The van der Waals surface area contributed by atoms with Crippen LogP contribution in [0, 0.1) is 6.92 Å². The minimum absolute atomic E-state index is 0.132. The van der Waals surface area contributed by atoms with E-state index in [1.807, 2.05) is 50.1 Å². The second kappa shape index (κ2) is 11.5. The Labute approximate surface area is 260 Å². The van der Waals surface area contributed by atoms with Gasteiger partial charge in [-0.3, -0.25) is 19.0 Å². The average Bonchev–Trinajstić information content (AvgIpc) is 3.32. The fourth-order valence-corrected chi connectivity index (χ4v) is 7.03. The quantitative estimate of drug-likeness (QED) is 0.215. The van der Waals surface area contributed by atoms with Crippen LogP contribution >= 0.6 is 11.6 Å². The third kappa shape index (κ3) is 5.44. The van der Waals surface area contributed by atoms with Crippen molar-refractivity contribution in [3.8, 4) is 5.69 Å². The average molecular weight is 635 g/mol. The van der Waals surface area contributed by atoms with Gasteiger partial charge in [0.05, 0.1) is 22.0 Å². The predicted molar refractivity (Wildman–Crippen MR) is 169 cm³/mol. The number of esters is 1. The van der Waals surface area contributed by atoms with E-state index in [0.717, 1.165) is 23.0 Å². The molecule has 1 aliphatic heterocycles. The van der Waals surface area contributed by atoms with Gasteiger partial charge in [0.15, 0.2) is 12.4 Å². The maximum absolute atomic E-state index is 13.4. The lowest BCUT2D eigenvalue weighted by Crippen LogP contribution is -2.25. The number of anilines is 2. The van der Waals surface area contributed by atoms with E-state index in [0.29, 0.717) is 11.4 Å². The van der Waals surface area contributed by atoms with Crippen molar-refractivity contribution in [2.24, 2.45) is 7.05 Å². The first kappa shape index (κ1) is 30.8. The minimum Gasteiger partial charge on any atom is -0.454 e. The lowest BCUT2D eigenvalue weighted by atomic mass is 9.83. The number of rotatable bonds is 8. The van der Waals surface area contributed by atoms with E-state index in [1.165, 1.54) is 27.6 Å². The normalized spacial score (nSPS) is 14.9. The number of benzene rings is 3. The molecule has 1 aromatic heterocycles. The van der Waals surface area contributed by atoms with E-state index >= 15 is 0 Å². The Morgan fingerprint density at radius 2 is 1.66 bits per heavy atom. The van der Waals surface area contributed by atoms with Gasteiger partial charge in [0.1, 0.15) is 10.6 Å². The summed E-state index contributed by atoms with van der Waals surface area (Å²) in [7, 11) is -0.918. The second-order valence-electron chi connectivity index (χ2n) is 11.0. The maximum Gasteiger partial charge on any atom is 0.338 e. The molecular weight excluding hydrogens is 604 g/mol. The summed E-state index contributed by atoms with van der Waals surface area (Å²) < 4.78 is 37.3. The zero-order chi connectivity index (χ0) is 32.0. The number of fused-ring (bicyclic) bond motifs is 1. The lowest BCUT2D eigenvalue weighted by Gasteiger charge is -2.23. The van der Waals surface area contributed by atoms with Gasteiger partial charge in [-0.2, -0.15) is 0 Å². The molecule has 44 heavy (non-hydrogen) atoms. The molecule has 0 unspecified atom stereocenters. The Morgan fingerprint density at radius 1 is 1.00 bits per heavy atom. The molecule has 0 saturated carbocycles. The third-order valence-corrected chi connectivity index (χ3v) is 9.66. The van der Waals surface area contributed by atoms with Crippen molar-refractivity contribution in [2.75, 3.05) is 23.3 Å². The number of likely N-dealkylation sites (N-methyl/N-ethyl adjacent to an activating group) is 1. The maximum atomic E-state index is 13.4. The van der Waals surface area contributed by atoms with Gasteiger partial charge in [-0.25, -0.2) is 17.9 Å². The molecular formula is C32H31ClN4O6S. The van der Waals surface area contributed by atoms with E-state index in [2.05, 4.69) is 4.72 Å². The molecule has 0 saturated heterocycles. The van der Waals surface area contributed by atoms with E-state index < -0.39 is 44.3 Å². The van der Waals surface area contributed by atoms with Crippen LogP contribution in [0.5, 0.6) is 0 Å². The number of halogens is 1. The molecule has 12 heteroatoms. The summed E-state index contributed by atoms with van der Waals surface area (Å²) in [6.07, 6.45) is 1.46. The van der Waals surface area contributed by atoms with E-state index in [1.54, 1.807) is 44.3 Å².